The van der Waals surface area contributed by atoms with Crippen LogP contribution in [0.3, 0.4) is 0 Å². The summed E-state index contributed by atoms with van der Waals surface area (Å²) in [5.74, 6) is -0.0233. The molecule has 0 N–H and O–H groups in total. The van der Waals surface area contributed by atoms with Gasteiger partial charge in [-0.15, -0.1) is 0 Å². The molecule has 0 bridgehead atoms. The predicted octanol–water partition coefficient (Wildman–Crippen LogP) is 3.71. The molecule has 0 spiro atoms. The fourth-order valence-corrected chi connectivity index (χ4v) is 2.11. The van der Waals surface area contributed by atoms with Gasteiger partial charge in [-0.05, 0) is 5.56 Å². The van der Waals surface area contributed by atoms with Crippen molar-refractivity contribution >= 4 is 14.2 Å². The summed E-state index contributed by atoms with van der Waals surface area (Å²) in [5.41, 5.74) is 2.10. The molecule has 0 radical (unpaired) electrons. The second kappa shape index (κ2) is 5.51. The van der Waals surface area contributed by atoms with Crippen LogP contribution in [0.2, 0.25) is 0 Å². The Morgan fingerprint density at radius 2 is 1.59 bits per heavy atom. The Kier molecular flexibility index (Phi) is 3.79. The third-order valence-electron chi connectivity index (χ3n) is 2.53. The van der Waals surface area contributed by atoms with Crippen LogP contribution in [0, 0.1) is 0 Å². The van der Waals surface area contributed by atoms with Crippen molar-refractivity contribution in [2.24, 2.45) is 0 Å². The number of carbonyl (C=O) groups is 1. The number of rotatable bonds is 4. The summed E-state index contributed by atoms with van der Waals surface area (Å²) in [5, 5.41) is 0. The van der Waals surface area contributed by atoms with Gasteiger partial charge in [-0.1, -0.05) is 54.6 Å². The van der Waals surface area contributed by atoms with E-state index in [4.69, 9.17) is 0 Å². The lowest BCUT2D eigenvalue weighted by Crippen LogP contribution is -2.04. The average molecular weight is 242 g/mol. The minimum atomic E-state index is -0.0233. The zero-order valence-electron chi connectivity index (χ0n) is 9.17. The Hall–Kier alpha value is -1.79. The molecule has 2 rings (SSSR count). The van der Waals surface area contributed by atoms with Crippen molar-refractivity contribution in [3.05, 3.63) is 71.3 Å². The van der Waals surface area contributed by atoms with Crippen LogP contribution in [-0.2, 0) is 10.7 Å². The number of carbonyl (C=O) groups excluding carboxylic acids is 1. The van der Waals surface area contributed by atoms with Gasteiger partial charge in [0, 0.05) is 11.1 Å². The second-order valence-electron chi connectivity index (χ2n) is 3.64. The van der Waals surface area contributed by atoms with Gasteiger partial charge < -0.3 is 0 Å². The minimum absolute atomic E-state index is 0.0233. The van der Waals surface area contributed by atoms with E-state index in [1.54, 1.807) is 18.2 Å². The van der Waals surface area contributed by atoms with Gasteiger partial charge in [0.25, 0.3) is 0 Å². The molecule has 17 heavy (non-hydrogen) atoms. The van der Waals surface area contributed by atoms with Gasteiger partial charge in [-0.2, -0.15) is 0 Å². The molecule has 0 heterocycles. The van der Waals surface area contributed by atoms with E-state index in [0.717, 1.165) is 5.56 Å². The molecule has 0 aromatic heterocycles. The van der Waals surface area contributed by atoms with Crippen LogP contribution in [0.15, 0.2) is 54.6 Å². The molecular weight excluding hydrogens is 231 g/mol. The fraction of sp³-hybridized carbons (Fsp3) is 0.0714. The van der Waals surface area contributed by atoms with Crippen LogP contribution >= 0.6 is 8.46 Å². The summed E-state index contributed by atoms with van der Waals surface area (Å²) in [6.07, 6.45) is 0.370. The van der Waals surface area contributed by atoms with E-state index in [1.165, 1.54) is 0 Å². The first-order valence-electron chi connectivity index (χ1n) is 5.29. The first-order valence-corrected chi connectivity index (χ1v) is 6.29. The van der Waals surface area contributed by atoms with Crippen LogP contribution in [0.4, 0.5) is 0 Å². The lowest BCUT2D eigenvalue weighted by molar-refractivity contribution is 0.103. The van der Waals surface area contributed by atoms with E-state index >= 15 is 0 Å². The molecule has 2 nitrogen and oxygen atoms in total. The highest BCUT2D eigenvalue weighted by molar-refractivity contribution is 7.22. The molecule has 0 atom stereocenters. The molecule has 0 aliphatic heterocycles. The summed E-state index contributed by atoms with van der Waals surface area (Å²) < 4.78 is 10.7. The standard InChI is InChI=1S/C14H11O2P/c15-14(11-6-2-1-3-7-11)13-9-5-4-8-12(13)10-17-16/h1-9H,10H2. The van der Waals surface area contributed by atoms with Gasteiger partial charge in [-0.3, -0.25) is 9.36 Å². The van der Waals surface area contributed by atoms with Gasteiger partial charge in [-0.25, -0.2) is 0 Å². The van der Waals surface area contributed by atoms with E-state index < -0.39 is 0 Å². The number of ketones is 1. The lowest BCUT2D eigenvalue weighted by Gasteiger charge is -2.05. The number of benzene rings is 2. The van der Waals surface area contributed by atoms with Crippen molar-refractivity contribution in [2.45, 2.75) is 6.16 Å². The van der Waals surface area contributed by atoms with Gasteiger partial charge in [0.15, 0.2) is 14.2 Å². The molecule has 0 saturated carbocycles. The molecular formula is C14H11O2P. The molecule has 0 unspecified atom stereocenters. The quantitative estimate of drug-likeness (QED) is 0.605. The van der Waals surface area contributed by atoms with Gasteiger partial charge in [0.2, 0.25) is 0 Å². The SMILES string of the molecule is O=PCc1ccccc1C(=O)c1ccccc1. The highest BCUT2D eigenvalue weighted by atomic mass is 31.1. The molecule has 0 saturated heterocycles. The fourth-order valence-electron chi connectivity index (χ4n) is 1.69. The Morgan fingerprint density at radius 3 is 2.29 bits per heavy atom. The van der Waals surface area contributed by atoms with Crippen molar-refractivity contribution < 1.29 is 9.36 Å². The van der Waals surface area contributed by atoms with E-state index in [9.17, 15) is 9.36 Å². The van der Waals surface area contributed by atoms with Crippen LogP contribution in [0.1, 0.15) is 21.5 Å². The molecule has 84 valence electrons. The molecule has 2 aromatic carbocycles. The van der Waals surface area contributed by atoms with E-state index in [1.807, 2.05) is 36.4 Å². The third-order valence-corrected chi connectivity index (χ3v) is 3.00. The summed E-state index contributed by atoms with van der Waals surface area (Å²) >= 11 is 0. The average Bonchev–Trinajstić information content (AvgIpc) is 2.40. The third kappa shape index (κ3) is 2.66. The molecule has 0 aliphatic carbocycles. The Balaban J connectivity index is 2.40. The minimum Gasteiger partial charge on any atom is -0.289 e. The second-order valence-corrected chi connectivity index (χ2v) is 4.21. The summed E-state index contributed by atoms with van der Waals surface area (Å²) in [6.45, 7) is 0. The predicted molar refractivity (Wildman–Crippen MR) is 67.6 cm³/mol. The normalized spacial score (nSPS) is 10.4. The first-order chi connectivity index (χ1) is 8.33. The largest absolute Gasteiger partial charge is 0.289 e. The highest BCUT2D eigenvalue weighted by Crippen LogP contribution is 2.18. The van der Waals surface area contributed by atoms with Gasteiger partial charge in [0.1, 0.15) is 0 Å². The topological polar surface area (TPSA) is 34.1 Å². The molecule has 3 heteroatoms. The maximum Gasteiger partial charge on any atom is 0.193 e. The van der Waals surface area contributed by atoms with Crippen LogP contribution < -0.4 is 0 Å². The summed E-state index contributed by atoms with van der Waals surface area (Å²) in [7, 11) is 0.0295. The van der Waals surface area contributed by atoms with Crippen LogP contribution in [0.5, 0.6) is 0 Å². The van der Waals surface area contributed by atoms with Crippen LogP contribution in [0.25, 0.3) is 0 Å². The maximum atomic E-state index is 12.2. The van der Waals surface area contributed by atoms with Crippen molar-refractivity contribution in [3.63, 3.8) is 0 Å². The smallest absolute Gasteiger partial charge is 0.193 e. The maximum absolute atomic E-state index is 12.2. The van der Waals surface area contributed by atoms with E-state index in [-0.39, 0.29) is 14.2 Å². The molecule has 0 fully saturated rings. The van der Waals surface area contributed by atoms with Crippen molar-refractivity contribution in [1.82, 2.24) is 0 Å². The van der Waals surface area contributed by atoms with E-state index in [0.29, 0.717) is 17.3 Å². The van der Waals surface area contributed by atoms with E-state index in [2.05, 4.69) is 0 Å². The van der Waals surface area contributed by atoms with Crippen molar-refractivity contribution in [3.8, 4) is 0 Å². The zero-order chi connectivity index (χ0) is 12.1. The van der Waals surface area contributed by atoms with Crippen LogP contribution in [-0.4, -0.2) is 5.78 Å². The van der Waals surface area contributed by atoms with Gasteiger partial charge in [0.05, 0.1) is 6.16 Å². The number of hydrogen-bond acceptors (Lipinski definition) is 2. The zero-order valence-corrected chi connectivity index (χ0v) is 10.1. The van der Waals surface area contributed by atoms with Crippen molar-refractivity contribution in [2.75, 3.05) is 0 Å². The summed E-state index contributed by atoms with van der Waals surface area (Å²) in [4.78, 5) is 12.2. The van der Waals surface area contributed by atoms with Crippen molar-refractivity contribution in [1.29, 1.82) is 0 Å². The summed E-state index contributed by atoms with van der Waals surface area (Å²) in [6, 6.07) is 16.4. The van der Waals surface area contributed by atoms with Gasteiger partial charge >= 0.3 is 0 Å². The number of hydrogen-bond donors (Lipinski definition) is 0. The molecule has 2 aromatic rings. The first kappa shape index (κ1) is 11.7. The Bertz CT molecular complexity index is 535. The lowest BCUT2D eigenvalue weighted by atomic mass is 9.99. The highest BCUT2D eigenvalue weighted by Gasteiger charge is 2.12. The molecule has 0 aliphatic rings. The Morgan fingerprint density at radius 1 is 0.941 bits per heavy atom. The monoisotopic (exact) mass is 242 g/mol. The molecule has 0 amide bonds. The Labute approximate surface area is 101 Å².